The monoisotopic (exact) mass is 239 g/mol. The van der Waals surface area contributed by atoms with Gasteiger partial charge in [-0.1, -0.05) is 0 Å². The third kappa shape index (κ3) is 2.18. The van der Waals surface area contributed by atoms with Crippen molar-refractivity contribution in [2.24, 2.45) is 7.05 Å². The van der Waals surface area contributed by atoms with Crippen molar-refractivity contribution in [3.63, 3.8) is 0 Å². The van der Waals surface area contributed by atoms with E-state index in [4.69, 9.17) is 9.47 Å². The number of hydrogen-bond acceptors (Lipinski definition) is 4. The molecule has 5 nitrogen and oxygen atoms in total. The van der Waals surface area contributed by atoms with Gasteiger partial charge in [0.15, 0.2) is 0 Å². The summed E-state index contributed by atoms with van der Waals surface area (Å²) in [7, 11) is 3.08. The maximum absolute atomic E-state index is 11.8. The van der Waals surface area contributed by atoms with E-state index in [9.17, 15) is 9.59 Å². The zero-order valence-electron chi connectivity index (χ0n) is 10.8. The molecule has 0 unspecified atom stereocenters. The molecule has 0 aliphatic heterocycles. The Morgan fingerprint density at radius 1 is 1.12 bits per heavy atom. The number of hydrogen-bond donors (Lipinski definition) is 0. The zero-order chi connectivity index (χ0) is 13.2. The SMILES string of the molecule is CCOC(=O)c1c(C(=O)OC)c(C)n(C)c1C. The predicted molar refractivity (Wildman–Crippen MR) is 62.2 cm³/mol. The quantitative estimate of drug-likeness (QED) is 0.752. The fourth-order valence-corrected chi connectivity index (χ4v) is 1.75. The summed E-state index contributed by atoms with van der Waals surface area (Å²) in [5, 5.41) is 0. The molecule has 0 amide bonds. The minimum absolute atomic E-state index is 0.271. The Labute approximate surface area is 100 Å². The highest BCUT2D eigenvalue weighted by atomic mass is 16.5. The molecule has 1 rings (SSSR count). The second-order valence-electron chi connectivity index (χ2n) is 3.69. The molecule has 0 aliphatic rings. The van der Waals surface area contributed by atoms with E-state index in [0.717, 1.165) is 0 Å². The number of esters is 2. The van der Waals surface area contributed by atoms with E-state index in [1.54, 1.807) is 32.4 Å². The Morgan fingerprint density at radius 3 is 2.00 bits per heavy atom. The maximum Gasteiger partial charge on any atom is 0.340 e. The number of nitrogens with zero attached hydrogens (tertiary/aromatic N) is 1. The molecule has 0 spiro atoms. The summed E-state index contributed by atoms with van der Waals surface area (Å²) in [5.41, 5.74) is 1.96. The first kappa shape index (κ1) is 13.3. The van der Waals surface area contributed by atoms with Crippen molar-refractivity contribution >= 4 is 11.9 Å². The van der Waals surface area contributed by atoms with E-state index in [1.807, 2.05) is 0 Å². The van der Waals surface area contributed by atoms with E-state index in [0.29, 0.717) is 17.0 Å². The van der Waals surface area contributed by atoms with E-state index >= 15 is 0 Å². The molecule has 0 aliphatic carbocycles. The number of carbonyl (C=O) groups is 2. The van der Waals surface area contributed by atoms with Crippen LogP contribution in [-0.2, 0) is 16.5 Å². The third-order valence-corrected chi connectivity index (χ3v) is 2.85. The number of ether oxygens (including phenoxy) is 2. The smallest absolute Gasteiger partial charge is 0.340 e. The highest BCUT2D eigenvalue weighted by Crippen LogP contribution is 2.23. The van der Waals surface area contributed by atoms with Crippen LogP contribution in [0.3, 0.4) is 0 Å². The van der Waals surface area contributed by atoms with Gasteiger partial charge in [-0.2, -0.15) is 0 Å². The Bertz CT molecular complexity index is 460. The number of carbonyl (C=O) groups excluding carboxylic acids is 2. The molecule has 17 heavy (non-hydrogen) atoms. The van der Waals surface area contributed by atoms with Crippen molar-refractivity contribution in [3.05, 3.63) is 22.5 Å². The molecule has 0 saturated carbocycles. The average molecular weight is 239 g/mol. The first-order valence-electron chi connectivity index (χ1n) is 5.36. The first-order chi connectivity index (χ1) is 7.95. The minimum Gasteiger partial charge on any atom is -0.465 e. The lowest BCUT2D eigenvalue weighted by atomic mass is 10.1. The molecule has 1 aromatic heterocycles. The van der Waals surface area contributed by atoms with Gasteiger partial charge in [-0.3, -0.25) is 0 Å². The molecule has 0 bridgehead atoms. The molecular weight excluding hydrogens is 222 g/mol. The summed E-state index contributed by atoms with van der Waals surface area (Å²) >= 11 is 0. The van der Waals surface area contributed by atoms with Crippen LogP contribution < -0.4 is 0 Å². The van der Waals surface area contributed by atoms with Crippen LogP contribution in [0.2, 0.25) is 0 Å². The van der Waals surface area contributed by atoms with Crippen LogP contribution in [0.15, 0.2) is 0 Å². The summed E-state index contributed by atoms with van der Waals surface area (Å²) in [4.78, 5) is 23.5. The normalized spacial score (nSPS) is 10.2. The summed E-state index contributed by atoms with van der Waals surface area (Å²) in [6, 6.07) is 0. The van der Waals surface area contributed by atoms with Gasteiger partial charge in [0.1, 0.15) is 0 Å². The fraction of sp³-hybridized carbons (Fsp3) is 0.500. The molecule has 0 N–H and O–H groups in total. The average Bonchev–Trinajstić information content (AvgIpc) is 2.53. The number of methoxy groups -OCH3 is 1. The van der Waals surface area contributed by atoms with E-state index in [2.05, 4.69) is 0 Å². The topological polar surface area (TPSA) is 57.5 Å². The fourth-order valence-electron chi connectivity index (χ4n) is 1.75. The van der Waals surface area contributed by atoms with E-state index < -0.39 is 11.9 Å². The standard InChI is InChI=1S/C12H17NO4/c1-6-17-12(15)10-8(3)13(4)7(2)9(10)11(14)16-5/h6H2,1-5H3. The van der Waals surface area contributed by atoms with Crippen molar-refractivity contribution in [2.45, 2.75) is 20.8 Å². The largest absolute Gasteiger partial charge is 0.465 e. The lowest BCUT2D eigenvalue weighted by Gasteiger charge is -2.04. The van der Waals surface area contributed by atoms with Crippen LogP contribution in [0.25, 0.3) is 0 Å². The molecule has 94 valence electrons. The van der Waals surface area contributed by atoms with E-state index in [1.165, 1.54) is 7.11 Å². The molecule has 1 aromatic rings. The number of rotatable bonds is 3. The van der Waals surface area contributed by atoms with Crippen LogP contribution in [0.4, 0.5) is 0 Å². The van der Waals surface area contributed by atoms with Gasteiger partial charge in [0, 0.05) is 18.4 Å². The molecule has 0 aromatic carbocycles. The molecule has 0 fully saturated rings. The van der Waals surface area contributed by atoms with Gasteiger partial charge in [0.25, 0.3) is 0 Å². The van der Waals surface area contributed by atoms with Gasteiger partial charge < -0.3 is 14.0 Å². The van der Waals surface area contributed by atoms with Gasteiger partial charge in [0.05, 0.1) is 24.8 Å². The van der Waals surface area contributed by atoms with Crippen molar-refractivity contribution in [1.29, 1.82) is 0 Å². The third-order valence-electron chi connectivity index (χ3n) is 2.85. The van der Waals surface area contributed by atoms with Crippen molar-refractivity contribution in [2.75, 3.05) is 13.7 Å². The van der Waals surface area contributed by atoms with Crippen LogP contribution in [0, 0.1) is 13.8 Å². The van der Waals surface area contributed by atoms with Crippen LogP contribution in [0.1, 0.15) is 39.0 Å². The molecular formula is C12H17NO4. The van der Waals surface area contributed by atoms with Gasteiger partial charge in [0.2, 0.25) is 0 Å². The number of aromatic nitrogens is 1. The lowest BCUT2D eigenvalue weighted by molar-refractivity contribution is 0.0504. The van der Waals surface area contributed by atoms with Gasteiger partial charge in [-0.25, -0.2) is 9.59 Å². The summed E-state index contributed by atoms with van der Waals surface area (Å²) < 4.78 is 11.4. The van der Waals surface area contributed by atoms with Crippen LogP contribution in [-0.4, -0.2) is 30.2 Å². The Morgan fingerprint density at radius 2 is 1.59 bits per heavy atom. The van der Waals surface area contributed by atoms with Gasteiger partial charge >= 0.3 is 11.9 Å². The zero-order valence-corrected chi connectivity index (χ0v) is 10.8. The summed E-state index contributed by atoms with van der Waals surface area (Å²) in [6.45, 7) is 5.53. The molecule has 0 atom stereocenters. The van der Waals surface area contributed by atoms with Crippen molar-refractivity contribution in [3.8, 4) is 0 Å². The first-order valence-corrected chi connectivity index (χ1v) is 5.36. The lowest BCUT2D eigenvalue weighted by Crippen LogP contribution is -2.12. The van der Waals surface area contributed by atoms with Gasteiger partial charge in [-0.05, 0) is 20.8 Å². The highest BCUT2D eigenvalue weighted by molar-refractivity contribution is 6.05. The minimum atomic E-state index is -0.519. The van der Waals surface area contributed by atoms with Gasteiger partial charge in [-0.15, -0.1) is 0 Å². The van der Waals surface area contributed by atoms with Crippen LogP contribution in [0.5, 0.6) is 0 Å². The molecule has 0 radical (unpaired) electrons. The second-order valence-corrected chi connectivity index (χ2v) is 3.69. The van der Waals surface area contributed by atoms with E-state index in [-0.39, 0.29) is 12.2 Å². The highest BCUT2D eigenvalue weighted by Gasteiger charge is 2.27. The Balaban J connectivity index is 3.41. The Hall–Kier alpha value is -1.78. The van der Waals surface area contributed by atoms with Crippen LogP contribution >= 0.6 is 0 Å². The summed E-state index contributed by atoms with van der Waals surface area (Å²) in [6.07, 6.45) is 0. The maximum atomic E-state index is 11.8. The Kier molecular flexibility index (Phi) is 3.93. The summed E-state index contributed by atoms with van der Waals surface area (Å²) in [5.74, 6) is -1.01. The van der Waals surface area contributed by atoms with Crippen molar-refractivity contribution in [1.82, 2.24) is 4.57 Å². The molecule has 5 heteroatoms. The predicted octanol–water partition coefficient (Wildman–Crippen LogP) is 1.61. The van der Waals surface area contributed by atoms with Crippen molar-refractivity contribution < 1.29 is 19.1 Å². The molecule has 1 heterocycles. The molecule has 0 saturated heterocycles. The second kappa shape index (κ2) is 5.03.